The number of halogens is 1. The molecule has 2 rings (SSSR count). The van der Waals surface area contributed by atoms with E-state index in [4.69, 9.17) is 9.31 Å². The molecule has 1 fully saturated rings. The molecule has 1 aromatic heterocycles. The molecule has 0 radical (unpaired) electrons. The molecule has 1 N–H and O–H groups in total. The highest BCUT2D eigenvalue weighted by molar-refractivity contribution is 9.10. The molecule has 6 heteroatoms. The van der Waals surface area contributed by atoms with Gasteiger partial charge in [0.05, 0.1) is 27.5 Å². The van der Waals surface area contributed by atoms with Crippen LogP contribution in [0.4, 0.5) is 0 Å². The lowest BCUT2D eigenvalue weighted by atomic mass is 9.84. The van der Waals surface area contributed by atoms with Crippen molar-refractivity contribution in [1.82, 2.24) is 4.98 Å². The van der Waals surface area contributed by atoms with E-state index in [0.717, 1.165) is 0 Å². The van der Waals surface area contributed by atoms with Gasteiger partial charge < -0.3 is 14.4 Å². The topological polar surface area (TPSA) is 51.6 Å². The highest BCUT2D eigenvalue weighted by atomic mass is 79.9. The number of aromatic nitrogens is 1. The molecule has 0 unspecified atom stereocenters. The van der Waals surface area contributed by atoms with E-state index in [0.29, 0.717) is 10.1 Å². The average molecular weight is 300 g/mol. The van der Waals surface area contributed by atoms with E-state index < -0.39 is 7.12 Å². The molecule has 2 heterocycles. The van der Waals surface area contributed by atoms with Crippen LogP contribution in [-0.4, -0.2) is 28.4 Å². The van der Waals surface area contributed by atoms with E-state index >= 15 is 0 Å². The summed E-state index contributed by atoms with van der Waals surface area (Å²) in [5, 5.41) is 9.40. The largest absolute Gasteiger partial charge is 0.514 e. The summed E-state index contributed by atoms with van der Waals surface area (Å²) in [6, 6.07) is 1.71. The van der Waals surface area contributed by atoms with E-state index in [1.807, 2.05) is 27.7 Å². The summed E-state index contributed by atoms with van der Waals surface area (Å²) in [4.78, 5) is 4.12. The van der Waals surface area contributed by atoms with Crippen molar-refractivity contribution in [3.05, 3.63) is 16.7 Å². The Balaban J connectivity index is 2.29. The molecule has 0 aliphatic carbocycles. The lowest BCUT2D eigenvalue weighted by molar-refractivity contribution is 0.00578. The van der Waals surface area contributed by atoms with Crippen molar-refractivity contribution in [2.45, 2.75) is 38.9 Å². The van der Waals surface area contributed by atoms with Crippen LogP contribution in [0.2, 0.25) is 0 Å². The van der Waals surface area contributed by atoms with Crippen molar-refractivity contribution in [2.24, 2.45) is 0 Å². The molecule has 1 aliphatic rings. The molecule has 1 aliphatic heterocycles. The molecule has 0 aromatic carbocycles. The first-order chi connectivity index (χ1) is 7.73. The molecule has 0 bridgehead atoms. The Morgan fingerprint density at radius 1 is 1.24 bits per heavy atom. The van der Waals surface area contributed by atoms with Crippen LogP contribution >= 0.6 is 15.9 Å². The smallest absolute Gasteiger partial charge is 0.505 e. The number of nitrogens with zero attached hydrogens (tertiary/aromatic N) is 1. The van der Waals surface area contributed by atoms with E-state index in [1.54, 1.807) is 6.07 Å². The first-order valence-electron chi connectivity index (χ1n) is 5.43. The summed E-state index contributed by atoms with van der Waals surface area (Å²) in [6.45, 7) is 7.95. The van der Waals surface area contributed by atoms with Gasteiger partial charge in [-0.25, -0.2) is 0 Å². The normalized spacial score (nSPS) is 21.8. The van der Waals surface area contributed by atoms with E-state index in [2.05, 4.69) is 20.9 Å². The third-order valence-electron chi connectivity index (χ3n) is 3.35. The summed E-state index contributed by atoms with van der Waals surface area (Å²) in [7, 11) is -0.503. The predicted molar refractivity (Wildman–Crippen MR) is 69.3 cm³/mol. The van der Waals surface area contributed by atoms with Crippen LogP contribution in [-0.2, 0) is 9.31 Å². The Hall–Kier alpha value is -0.585. The van der Waals surface area contributed by atoms with Crippen LogP contribution in [0, 0.1) is 0 Å². The standard InChI is InChI=1S/C11H15BBrNO3/c1-10(2)11(3,4)17-12(16-10)9-5-7(13)8(15)6-14-9/h5-6,15H,1-4H3. The maximum Gasteiger partial charge on any atom is 0.514 e. The van der Waals surface area contributed by atoms with Gasteiger partial charge in [0.2, 0.25) is 0 Å². The lowest BCUT2D eigenvalue weighted by Gasteiger charge is -2.32. The molecule has 17 heavy (non-hydrogen) atoms. The molecule has 1 aromatic rings. The average Bonchev–Trinajstić information content (AvgIpc) is 2.41. The van der Waals surface area contributed by atoms with Crippen LogP contribution in [0.1, 0.15) is 27.7 Å². The van der Waals surface area contributed by atoms with Gasteiger partial charge in [-0.3, -0.25) is 4.98 Å². The van der Waals surface area contributed by atoms with Crippen molar-refractivity contribution in [2.75, 3.05) is 0 Å². The number of hydrogen-bond donors (Lipinski definition) is 1. The fourth-order valence-electron chi connectivity index (χ4n) is 1.53. The summed E-state index contributed by atoms with van der Waals surface area (Å²) in [6.07, 6.45) is 1.38. The SMILES string of the molecule is CC1(C)OB(c2cc(Br)c(O)cn2)OC1(C)C. The first-order valence-corrected chi connectivity index (χ1v) is 6.22. The summed E-state index contributed by atoms with van der Waals surface area (Å²) >= 11 is 3.25. The minimum atomic E-state index is -0.503. The Bertz CT molecular complexity index is 434. The Kier molecular flexibility index (Phi) is 3.00. The molecule has 1 saturated heterocycles. The van der Waals surface area contributed by atoms with E-state index in [-0.39, 0.29) is 17.0 Å². The molecule has 0 amide bonds. The van der Waals surface area contributed by atoms with Gasteiger partial charge in [0.15, 0.2) is 0 Å². The molecule has 92 valence electrons. The van der Waals surface area contributed by atoms with Crippen molar-refractivity contribution < 1.29 is 14.4 Å². The summed E-state index contributed by atoms with van der Waals surface area (Å²) in [5.41, 5.74) is -0.124. The Morgan fingerprint density at radius 2 is 1.76 bits per heavy atom. The third-order valence-corrected chi connectivity index (χ3v) is 3.99. The zero-order chi connectivity index (χ0) is 12.8. The minimum absolute atomic E-state index is 0.102. The van der Waals surface area contributed by atoms with E-state index in [1.165, 1.54) is 6.20 Å². The quantitative estimate of drug-likeness (QED) is 0.804. The predicted octanol–water partition coefficient (Wildman–Crippen LogP) is 1.85. The highest BCUT2D eigenvalue weighted by Crippen LogP contribution is 2.36. The van der Waals surface area contributed by atoms with Crippen LogP contribution < -0.4 is 5.59 Å². The summed E-state index contributed by atoms with van der Waals surface area (Å²) in [5.74, 6) is 0.102. The van der Waals surface area contributed by atoms with Crippen molar-refractivity contribution in [3.63, 3.8) is 0 Å². The number of rotatable bonds is 1. The summed E-state index contributed by atoms with van der Waals surface area (Å²) < 4.78 is 12.3. The first kappa shape index (κ1) is 12.9. The van der Waals surface area contributed by atoms with Crippen molar-refractivity contribution >= 4 is 28.6 Å². The van der Waals surface area contributed by atoms with Crippen molar-refractivity contribution in [3.8, 4) is 5.75 Å². The van der Waals surface area contributed by atoms with Gasteiger partial charge in [-0.2, -0.15) is 0 Å². The third kappa shape index (κ3) is 2.21. The fourth-order valence-corrected chi connectivity index (χ4v) is 1.87. The van der Waals surface area contributed by atoms with Gasteiger partial charge in [0.25, 0.3) is 0 Å². The molecule has 0 atom stereocenters. The Labute approximate surface area is 110 Å². The van der Waals surface area contributed by atoms with Gasteiger partial charge in [-0.15, -0.1) is 0 Å². The van der Waals surface area contributed by atoms with Gasteiger partial charge in [0.1, 0.15) is 5.75 Å². The second kappa shape index (κ2) is 3.97. The molecule has 4 nitrogen and oxygen atoms in total. The Morgan fingerprint density at radius 3 is 2.24 bits per heavy atom. The maximum absolute atomic E-state index is 9.40. The molecular formula is C11H15BBrNO3. The zero-order valence-electron chi connectivity index (χ0n) is 10.3. The number of pyridine rings is 1. The number of hydrogen-bond acceptors (Lipinski definition) is 4. The van der Waals surface area contributed by atoms with Crippen LogP contribution in [0.15, 0.2) is 16.7 Å². The highest BCUT2D eigenvalue weighted by Gasteiger charge is 2.52. The molecular weight excluding hydrogens is 285 g/mol. The second-order valence-corrected chi connectivity index (χ2v) is 6.00. The van der Waals surface area contributed by atoms with Crippen molar-refractivity contribution in [1.29, 1.82) is 0 Å². The molecule has 0 saturated carbocycles. The monoisotopic (exact) mass is 299 g/mol. The zero-order valence-corrected chi connectivity index (χ0v) is 11.9. The van der Waals surface area contributed by atoms with Gasteiger partial charge >= 0.3 is 7.12 Å². The fraction of sp³-hybridized carbons (Fsp3) is 0.545. The maximum atomic E-state index is 9.40. The minimum Gasteiger partial charge on any atom is -0.505 e. The number of aromatic hydroxyl groups is 1. The molecule has 0 spiro atoms. The second-order valence-electron chi connectivity index (χ2n) is 5.15. The van der Waals surface area contributed by atoms with Gasteiger partial charge in [-0.05, 0) is 49.7 Å². The van der Waals surface area contributed by atoms with E-state index in [9.17, 15) is 5.11 Å². The van der Waals surface area contributed by atoms with Crippen LogP contribution in [0.3, 0.4) is 0 Å². The van der Waals surface area contributed by atoms with Gasteiger partial charge in [0, 0.05) is 0 Å². The lowest BCUT2D eigenvalue weighted by Crippen LogP contribution is -2.41. The van der Waals surface area contributed by atoms with Gasteiger partial charge in [-0.1, -0.05) is 0 Å². The van der Waals surface area contributed by atoms with Crippen LogP contribution in [0.25, 0.3) is 0 Å². The van der Waals surface area contributed by atoms with Crippen LogP contribution in [0.5, 0.6) is 5.75 Å².